The highest BCUT2D eigenvalue weighted by molar-refractivity contribution is 5.75. The van der Waals surface area contributed by atoms with E-state index in [1.807, 2.05) is 0 Å². The third-order valence-electron chi connectivity index (χ3n) is 3.81. The van der Waals surface area contributed by atoms with Crippen molar-refractivity contribution in [3.05, 3.63) is 11.9 Å². The van der Waals surface area contributed by atoms with E-state index in [1.165, 1.54) is 30.6 Å². The lowest BCUT2D eigenvalue weighted by molar-refractivity contribution is -0.121. The number of carbonyl (C=O) groups excluding carboxylic acids is 1. The normalized spacial score (nSPS) is 17.3. The van der Waals surface area contributed by atoms with Crippen LogP contribution in [0, 0.1) is 5.92 Å². The summed E-state index contributed by atoms with van der Waals surface area (Å²) in [4.78, 5) is 14.1. The predicted octanol–water partition coefficient (Wildman–Crippen LogP) is -0.415. The molecule has 1 fully saturated rings. The number of nitrogens with zero attached hydrogens (tertiary/aromatic N) is 4. The van der Waals surface area contributed by atoms with Gasteiger partial charge in [0.2, 0.25) is 5.91 Å². The quantitative estimate of drug-likeness (QED) is 0.739. The van der Waals surface area contributed by atoms with E-state index in [1.54, 1.807) is 6.20 Å². The van der Waals surface area contributed by atoms with Gasteiger partial charge in [0.15, 0.2) is 0 Å². The van der Waals surface area contributed by atoms with Gasteiger partial charge < -0.3 is 16.0 Å². The van der Waals surface area contributed by atoms with Gasteiger partial charge >= 0.3 is 0 Å². The van der Waals surface area contributed by atoms with Crippen molar-refractivity contribution in [2.45, 2.75) is 32.4 Å². The molecule has 112 valence electrons. The molecule has 1 aromatic heterocycles. The molecular weight excluding hydrogens is 256 g/mol. The lowest BCUT2D eigenvalue weighted by atomic mass is 9.94. The SMILES string of the molecule is CN1CCC(CCNC(=O)Cn2cc(CN)nn2)CC1. The molecule has 0 unspecified atom stereocenters. The summed E-state index contributed by atoms with van der Waals surface area (Å²) >= 11 is 0. The van der Waals surface area contributed by atoms with Crippen LogP contribution in [0.25, 0.3) is 0 Å². The van der Waals surface area contributed by atoms with Gasteiger partial charge in [-0.05, 0) is 45.3 Å². The van der Waals surface area contributed by atoms with E-state index in [9.17, 15) is 4.79 Å². The summed E-state index contributed by atoms with van der Waals surface area (Å²) < 4.78 is 1.52. The second-order valence-electron chi connectivity index (χ2n) is 5.50. The summed E-state index contributed by atoms with van der Waals surface area (Å²) in [5.74, 6) is 0.716. The van der Waals surface area contributed by atoms with Crippen LogP contribution < -0.4 is 11.1 Å². The van der Waals surface area contributed by atoms with Crippen LogP contribution in [0.1, 0.15) is 25.0 Å². The number of aromatic nitrogens is 3. The Bertz CT molecular complexity index is 424. The molecule has 1 amide bonds. The van der Waals surface area contributed by atoms with Gasteiger partial charge in [0, 0.05) is 13.1 Å². The summed E-state index contributed by atoms with van der Waals surface area (Å²) in [5.41, 5.74) is 6.14. The minimum absolute atomic E-state index is 0.0219. The first-order valence-corrected chi connectivity index (χ1v) is 7.21. The lowest BCUT2D eigenvalue weighted by Crippen LogP contribution is -2.33. The van der Waals surface area contributed by atoms with Crippen LogP contribution in [0.15, 0.2) is 6.20 Å². The summed E-state index contributed by atoms with van der Waals surface area (Å²) in [6, 6.07) is 0. The van der Waals surface area contributed by atoms with Crippen molar-refractivity contribution in [1.29, 1.82) is 0 Å². The van der Waals surface area contributed by atoms with Gasteiger partial charge in [-0.3, -0.25) is 4.79 Å². The van der Waals surface area contributed by atoms with E-state index in [0.717, 1.165) is 18.9 Å². The Hall–Kier alpha value is -1.47. The highest BCUT2D eigenvalue weighted by atomic mass is 16.2. The summed E-state index contributed by atoms with van der Waals surface area (Å²) in [5, 5.41) is 10.6. The number of hydrogen-bond acceptors (Lipinski definition) is 5. The lowest BCUT2D eigenvalue weighted by Gasteiger charge is -2.28. The molecule has 3 N–H and O–H groups in total. The van der Waals surface area contributed by atoms with Gasteiger partial charge in [-0.2, -0.15) is 0 Å². The fourth-order valence-electron chi connectivity index (χ4n) is 2.48. The first-order valence-electron chi connectivity index (χ1n) is 7.21. The van der Waals surface area contributed by atoms with Gasteiger partial charge in [0.1, 0.15) is 6.54 Å². The molecule has 7 heteroatoms. The Morgan fingerprint density at radius 2 is 2.25 bits per heavy atom. The van der Waals surface area contributed by atoms with Crippen molar-refractivity contribution in [2.75, 3.05) is 26.7 Å². The predicted molar refractivity (Wildman–Crippen MR) is 75.8 cm³/mol. The average Bonchev–Trinajstić information content (AvgIpc) is 2.88. The van der Waals surface area contributed by atoms with Crippen LogP contribution in [0.4, 0.5) is 0 Å². The molecule has 2 rings (SSSR count). The van der Waals surface area contributed by atoms with Crippen LogP contribution in [-0.4, -0.2) is 52.5 Å². The Kier molecular flexibility index (Phi) is 5.49. The molecule has 0 saturated carbocycles. The van der Waals surface area contributed by atoms with Gasteiger partial charge in [-0.15, -0.1) is 5.10 Å². The van der Waals surface area contributed by atoms with Crippen LogP contribution in [0.5, 0.6) is 0 Å². The number of nitrogens with two attached hydrogens (primary N) is 1. The molecule has 0 aromatic carbocycles. The van der Waals surface area contributed by atoms with E-state index < -0.39 is 0 Å². The van der Waals surface area contributed by atoms with E-state index in [-0.39, 0.29) is 12.5 Å². The van der Waals surface area contributed by atoms with Crippen LogP contribution in [0.2, 0.25) is 0 Å². The molecular formula is C13H24N6O. The zero-order valence-corrected chi connectivity index (χ0v) is 12.1. The van der Waals surface area contributed by atoms with Gasteiger partial charge in [0.05, 0.1) is 11.9 Å². The number of carbonyl (C=O) groups is 1. The monoisotopic (exact) mass is 280 g/mol. The molecule has 1 aliphatic heterocycles. The zero-order valence-electron chi connectivity index (χ0n) is 12.1. The maximum absolute atomic E-state index is 11.8. The van der Waals surface area contributed by atoms with E-state index in [2.05, 4.69) is 27.6 Å². The average molecular weight is 280 g/mol. The Labute approximate surface area is 119 Å². The fourth-order valence-corrected chi connectivity index (χ4v) is 2.48. The van der Waals surface area contributed by atoms with Gasteiger partial charge in [-0.1, -0.05) is 5.21 Å². The summed E-state index contributed by atoms with van der Waals surface area (Å²) in [6.45, 7) is 3.63. The summed E-state index contributed by atoms with van der Waals surface area (Å²) in [6.07, 6.45) is 5.23. The van der Waals surface area contributed by atoms with Crippen molar-refractivity contribution in [3.8, 4) is 0 Å². The van der Waals surface area contributed by atoms with Crippen molar-refractivity contribution in [2.24, 2.45) is 11.7 Å². The van der Waals surface area contributed by atoms with E-state index in [0.29, 0.717) is 12.2 Å². The fraction of sp³-hybridized carbons (Fsp3) is 0.769. The Balaban J connectivity index is 1.62. The number of rotatable bonds is 6. The van der Waals surface area contributed by atoms with Crippen molar-refractivity contribution >= 4 is 5.91 Å². The molecule has 20 heavy (non-hydrogen) atoms. The maximum atomic E-state index is 11.8. The smallest absolute Gasteiger partial charge is 0.241 e. The number of amides is 1. The third kappa shape index (κ3) is 4.57. The molecule has 1 aromatic rings. The molecule has 0 aliphatic carbocycles. The van der Waals surface area contributed by atoms with Crippen molar-refractivity contribution in [3.63, 3.8) is 0 Å². The molecule has 0 bridgehead atoms. The van der Waals surface area contributed by atoms with Gasteiger partial charge in [-0.25, -0.2) is 4.68 Å². The Morgan fingerprint density at radius 1 is 1.50 bits per heavy atom. The molecule has 0 radical (unpaired) electrons. The maximum Gasteiger partial charge on any atom is 0.241 e. The molecule has 0 atom stereocenters. The van der Waals surface area contributed by atoms with E-state index >= 15 is 0 Å². The number of likely N-dealkylation sites (tertiary alicyclic amines) is 1. The zero-order chi connectivity index (χ0) is 14.4. The number of nitrogens with one attached hydrogen (secondary N) is 1. The van der Waals surface area contributed by atoms with Crippen molar-refractivity contribution in [1.82, 2.24) is 25.2 Å². The standard InChI is InChI=1S/C13H24N6O/c1-18-6-3-11(4-7-18)2-5-15-13(20)10-19-9-12(8-14)16-17-19/h9,11H,2-8,10,14H2,1H3,(H,15,20). The largest absolute Gasteiger partial charge is 0.354 e. The van der Waals surface area contributed by atoms with E-state index in [4.69, 9.17) is 5.73 Å². The van der Waals surface area contributed by atoms with Gasteiger partial charge in [0.25, 0.3) is 0 Å². The molecule has 7 nitrogen and oxygen atoms in total. The molecule has 2 heterocycles. The first kappa shape index (κ1) is 14.9. The Morgan fingerprint density at radius 3 is 2.90 bits per heavy atom. The molecule has 1 aliphatic rings. The van der Waals surface area contributed by atoms with Crippen LogP contribution in [0.3, 0.4) is 0 Å². The molecule has 1 saturated heterocycles. The molecule has 0 spiro atoms. The van der Waals surface area contributed by atoms with Crippen LogP contribution in [-0.2, 0) is 17.9 Å². The van der Waals surface area contributed by atoms with Crippen molar-refractivity contribution < 1.29 is 4.79 Å². The topological polar surface area (TPSA) is 89.1 Å². The summed E-state index contributed by atoms with van der Waals surface area (Å²) in [7, 11) is 2.16. The second kappa shape index (κ2) is 7.35. The highest BCUT2D eigenvalue weighted by Crippen LogP contribution is 2.18. The first-order chi connectivity index (χ1) is 9.67. The highest BCUT2D eigenvalue weighted by Gasteiger charge is 2.16. The minimum Gasteiger partial charge on any atom is -0.354 e. The third-order valence-corrected chi connectivity index (χ3v) is 3.81. The van der Waals surface area contributed by atoms with Crippen LogP contribution >= 0.6 is 0 Å². The minimum atomic E-state index is -0.0219. The number of piperidine rings is 1. The number of hydrogen-bond donors (Lipinski definition) is 2. The second-order valence-corrected chi connectivity index (χ2v) is 5.50.